The van der Waals surface area contributed by atoms with Crippen LogP contribution in [0.1, 0.15) is 29.9 Å². The molecule has 4 aromatic rings. The Morgan fingerprint density at radius 2 is 1.92 bits per heavy atom. The molecule has 0 amide bonds. The van der Waals surface area contributed by atoms with Gasteiger partial charge in [0.05, 0.1) is 17.4 Å². The summed E-state index contributed by atoms with van der Waals surface area (Å²) in [5.41, 5.74) is 1.65. The zero-order valence-electron chi connectivity index (χ0n) is 20.8. The smallest absolute Gasteiger partial charge is 0.235 e. The van der Waals surface area contributed by atoms with E-state index < -0.39 is 17.4 Å². The molecular weight excluding hydrogens is 480 g/mol. The Balaban J connectivity index is 1.39. The lowest BCUT2D eigenvalue weighted by Gasteiger charge is -2.35. The number of ketones is 1. The Bertz CT molecular complexity index is 1450. The average molecular weight is 508 g/mol. The number of hydrogen-bond donors (Lipinski definition) is 2. The van der Waals surface area contributed by atoms with Crippen LogP contribution in [0.3, 0.4) is 0 Å². The number of aromatic amines is 1. The van der Waals surface area contributed by atoms with Crippen molar-refractivity contribution in [3.63, 3.8) is 0 Å². The Labute approximate surface area is 212 Å². The van der Waals surface area contributed by atoms with Crippen LogP contribution in [-0.2, 0) is 0 Å². The largest absolute Gasteiger partial charge is 0.435 e. The maximum Gasteiger partial charge on any atom is 0.235 e. The minimum atomic E-state index is -0.764. The zero-order chi connectivity index (χ0) is 26.1. The van der Waals surface area contributed by atoms with Gasteiger partial charge in [-0.05, 0) is 38.6 Å². The second-order valence-electron chi connectivity index (χ2n) is 8.92. The molecule has 4 heterocycles. The van der Waals surface area contributed by atoms with Gasteiger partial charge >= 0.3 is 0 Å². The van der Waals surface area contributed by atoms with Gasteiger partial charge in [-0.15, -0.1) is 0 Å². The van der Waals surface area contributed by atoms with Crippen molar-refractivity contribution in [1.29, 1.82) is 0 Å². The summed E-state index contributed by atoms with van der Waals surface area (Å²) in [6, 6.07) is 6.16. The monoisotopic (exact) mass is 507 g/mol. The number of nitrogens with one attached hydrogen (secondary N) is 2. The molecule has 0 bridgehead atoms. The molecule has 0 saturated carbocycles. The minimum Gasteiger partial charge on any atom is -0.435 e. The summed E-state index contributed by atoms with van der Waals surface area (Å²) in [4.78, 5) is 32.7. The predicted molar refractivity (Wildman–Crippen MR) is 137 cm³/mol. The Morgan fingerprint density at radius 1 is 1.14 bits per heavy atom. The van der Waals surface area contributed by atoms with E-state index in [0.717, 1.165) is 44.5 Å². The van der Waals surface area contributed by atoms with Crippen LogP contribution in [0.15, 0.2) is 36.8 Å². The summed E-state index contributed by atoms with van der Waals surface area (Å²) in [6.45, 7) is 10.1. The van der Waals surface area contributed by atoms with Crippen molar-refractivity contribution in [3.8, 4) is 11.6 Å². The van der Waals surface area contributed by atoms with Gasteiger partial charge in [-0.2, -0.15) is 0 Å². The summed E-state index contributed by atoms with van der Waals surface area (Å²) in [5, 5.41) is 3.07. The second-order valence-corrected chi connectivity index (χ2v) is 8.92. The molecule has 9 nitrogen and oxygen atoms in total. The molecule has 0 spiro atoms. The standard InChI is InChI=1S/C26H27F2N7O2/c1-4-34-7-9-35(10-8-34)17-5-6-21(29-13-17)33-25-22(16(3)36)26(31-14-30-25)37-20-12-19(27)24-18(23(20)28)11-15(2)32-24/h5-6,11-14,32H,4,7-10H2,1-3H3,(H,29,30,31,33). The molecule has 1 aliphatic heterocycles. The summed E-state index contributed by atoms with van der Waals surface area (Å²) in [5.74, 6) is -1.83. The predicted octanol–water partition coefficient (Wildman–Crippen LogP) is 4.82. The highest BCUT2D eigenvalue weighted by molar-refractivity contribution is 6.01. The van der Waals surface area contributed by atoms with E-state index in [0.29, 0.717) is 11.5 Å². The zero-order valence-corrected chi connectivity index (χ0v) is 20.8. The number of pyridine rings is 1. The number of aromatic nitrogens is 4. The number of carbonyl (C=O) groups excluding carboxylic acids is 1. The first-order chi connectivity index (χ1) is 17.8. The summed E-state index contributed by atoms with van der Waals surface area (Å²) in [7, 11) is 0. The van der Waals surface area contributed by atoms with Crippen molar-refractivity contribution in [2.75, 3.05) is 42.9 Å². The fourth-order valence-corrected chi connectivity index (χ4v) is 4.46. The molecule has 3 aromatic heterocycles. The number of halogens is 2. The number of nitrogens with zero attached hydrogens (tertiary/aromatic N) is 5. The van der Waals surface area contributed by atoms with E-state index in [1.165, 1.54) is 19.3 Å². The third-order valence-electron chi connectivity index (χ3n) is 6.45. The van der Waals surface area contributed by atoms with Gasteiger partial charge in [0.25, 0.3) is 0 Å². The molecule has 1 aromatic carbocycles. The molecule has 5 rings (SSSR count). The third-order valence-corrected chi connectivity index (χ3v) is 6.45. The first-order valence-electron chi connectivity index (χ1n) is 12.1. The third kappa shape index (κ3) is 4.94. The lowest BCUT2D eigenvalue weighted by molar-refractivity contribution is 0.101. The number of benzene rings is 1. The van der Waals surface area contributed by atoms with Crippen LogP contribution in [0.4, 0.5) is 26.1 Å². The van der Waals surface area contributed by atoms with Gasteiger partial charge in [-0.3, -0.25) is 4.79 Å². The van der Waals surface area contributed by atoms with Crippen molar-refractivity contribution < 1.29 is 18.3 Å². The molecule has 37 heavy (non-hydrogen) atoms. The number of hydrogen-bond acceptors (Lipinski definition) is 8. The maximum absolute atomic E-state index is 15.1. The van der Waals surface area contributed by atoms with E-state index in [-0.39, 0.29) is 33.9 Å². The Hall–Kier alpha value is -4.12. The van der Waals surface area contributed by atoms with E-state index in [9.17, 15) is 9.18 Å². The number of carbonyl (C=O) groups is 1. The summed E-state index contributed by atoms with van der Waals surface area (Å²) in [6.07, 6.45) is 2.95. The number of aryl methyl sites for hydroxylation is 1. The van der Waals surface area contributed by atoms with Crippen molar-refractivity contribution in [2.45, 2.75) is 20.8 Å². The first kappa shape index (κ1) is 24.6. The van der Waals surface area contributed by atoms with Gasteiger partial charge in [0.15, 0.2) is 23.2 Å². The van der Waals surface area contributed by atoms with E-state index in [2.05, 4.69) is 42.0 Å². The van der Waals surface area contributed by atoms with Crippen LogP contribution in [0.25, 0.3) is 10.9 Å². The van der Waals surface area contributed by atoms with Gasteiger partial charge < -0.3 is 24.8 Å². The molecule has 1 aliphatic rings. The molecule has 0 aliphatic carbocycles. The fraction of sp³-hybridized carbons (Fsp3) is 0.308. The van der Waals surface area contributed by atoms with Crippen LogP contribution in [0, 0.1) is 18.6 Å². The maximum atomic E-state index is 15.1. The number of rotatable bonds is 7. The van der Waals surface area contributed by atoms with Crippen molar-refractivity contribution >= 4 is 34.0 Å². The molecule has 0 unspecified atom stereocenters. The number of ether oxygens (including phenoxy) is 1. The highest BCUT2D eigenvalue weighted by Crippen LogP contribution is 2.35. The fourth-order valence-electron chi connectivity index (χ4n) is 4.46. The van der Waals surface area contributed by atoms with Gasteiger partial charge in [-0.1, -0.05) is 6.92 Å². The van der Waals surface area contributed by atoms with Crippen LogP contribution in [0.2, 0.25) is 0 Å². The highest BCUT2D eigenvalue weighted by atomic mass is 19.1. The molecule has 0 atom stereocenters. The van der Waals surface area contributed by atoms with Crippen LogP contribution >= 0.6 is 0 Å². The van der Waals surface area contributed by atoms with Gasteiger partial charge in [0.1, 0.15) is 23.5 Å². The normalized spacial score (nSPS) is 14.2. The number of piperazine rings is 1. The molecule has 1 saturated heterocycles. The molecular formula is C26H27F2N7O2. The first-order valence-corrected chi connectivity index (χ1v) is 12.1. The van der Waals surface area contributed by atoms with E-state index in [4.69, 9.17) is 4.74 Å². The molecule has 1 fully saturated rings. The number of H-pyrrole nitrogens is 1. The van der Waals surface area contributed by atoms with Crippen molar-refractivity contribution in [3.05, 3.63) is 59.7 Å². The molecule has 11 heteroatoms. The topological polar surface area (TPSA) is 99.3 Å². The van der Waals surface area contributed by atoms with E-state index >= 15 is 4.39 Å². The molecule has 0 radical (unpaired) electrons. The Morgan fingerprint density at radius 3 is 2.59 bits per heavy atom. The lowest BCUT2D eigenvalue weighted by atomic mass is 10.2. The average Bonchev–Trinajstić information content (AvgIpc) is 3.30. The quantitative estimate of drug-likeness (QED) is 0.344. The van der Waals surface area contributed by atoms with Crippen LogP contribution in [0.5, 0.6) is 11.6 Å². The van der Waals surface area contributed by atoms with Gasteiger partial charge in [-0.25, -0.2) is 23.7 Å². The highest BCUT2D eigenvalue weighted by Gasteiger charge is 2.22. The summed E-state index contributed by atoms with van der Waals surface area (Å²) >= 11 is 0. The number of fused-ring (bicyclic) bond motifs is 1. The SMILES string of the molecule is CCN1CCN(c2ccc(Nc3ncnc(Oc4cc(F)c5[nH]c(C)cc5c4F)c3C(C)=O)nc2)CC1. The number of Topliss-reactive ketones (excluding diaryl/α,β-unsaturated/α-hetero) is 1. The molecule has 2 N–H and O–H groups in total. The van der Waals surface area contributed by atoms with E-state index in [1.807, 2.05) is 6.07 Å². The van der Waals surface area contributed by atoms with Crippen LogP contribution < -0.4 is 15.0 Å². The minimum absolute atomic E-state index is 0.00535. The summed E-state index contributed by atoms with van der Waals surface area (Å²) < 4.78 is 35.3. The number of likely N-dealkylation sites (N-methyl/N-ethyl adjacent to an activating group) is 1. The lowest BCUT2D eigenvalue weighted by Crippen LogP contribution is -2.46. The van der Waals surface area contributed by atoms with Crippen LogP contribution in [-0.4, -0.2) is 63.3 Å². The van der Waals surface area contributed by atoms with E-state index in [1.54, 1.807) is 19.2 Å². The number of anilines is 3. The van der Waals surface area contributed by atoms with Gasteiger partial charge in [0, 0.05) is 43.3 Å². The second kappa shape index (κ2) is 10.1. The molecule has 192 valence electrons. The van der Waals surface area contributed by atoms with Crippen molar-refractivity contribution in [1.82, 2.24) is 24.8 Å². The van der Waals surface area contributed by atoms with Crippen molar-refractivity contribution in [2.24, 2.45) is 0 Å². The Kier molecular flexibility index (Phi) is 6.70. The van der Waals surface area contributed by atoms with Gasteiger partial charge in [0.2, 0.25) is 5.88 Å².